The highest BCUT2D eigenvalue weighted by molar-refractivity contribution is 5.99. The first-order chi connectivity index (χ1) is 19.3. The second-order valence-electron chi connectivity index (χ2n) is 9.88. The van der Waals surface area contributed by atoms with Gasteiger partial charge in [0.15, 0.2) is 0 Å². The van der Waals surface area contributed by atoms with E-state index < -0.39 is 24.3 Å². The van der Waals surface area contributed by atoms with Gasteiger partial charge in [-0.15, -0.1) is 0 Å². The van der Waals surface area contributed by atoms with E-state index in [1.807, 2.05) is 47.4 Å². The molecule has 0 atom stereocenters. The third-order valence-corrected chi connectivity index (χ3v) is 7.23. The summed E-state index contributed by atoms with van der Waals surface area (Å²) in [4.78, 5) is 53.5. The Morgan fingerprint density at radius 2 is 1.75 bits per heavy atom. The van der Waals surface area contributed by atoms with E-state index in [-0.39, 0.29) is 24.9 Å². The van der Waals surface area contributed by atoms with Crippen molar-refractivity contribution >= 4 is 45.5 Å². The van der Waals surface area contributed by atoms with E-state index in [2.05, 4.69) is 21.7 Å². The van der Waals surface area contributed by atoms with Crippen molar-refractivity contribution in [3.05, 3.63) is 60.4 Å². The molecule has 1 aliphatic rings. The first-order valence-corrected chi connectivity index (χ1v) is 13.2. The van der Waals surface area contributed by atoms with Crippen LogP contribution in [0.5, 0.6) is 0 Å². The number of pyridine rings is 1. The van der Waals surface area contributed by atoms with Gasteiger partial charge in [0.05, 0.1) is 23.3 Å². The molecule has 1 aliphatic heterocycles. The number of carboxylic acids is 1. The monoisotopic (exact) mass is 542 g/mol. The molecule has 5 rings (SSSR count). The smallest absolute Gasteiger partial charge is 0.322 e. The molecule has 206 valence electrons. The maximum absolute atomic E-state index is 12.8. The quantitative estimate of drug-likeness (QED) is 0.310. The van der Waals surface area contributed by atoms with Crippen molar-refractivity contribution in [2.45, 2.75) is 32.2 Å². The van der Waals surface area contributed by atoms with Crippen LogP contribution in [0.25, 0.3) is 32.9 Å². The molecule has 2 aromatic heterocycles. The van der Waals surface area contributed by atoms with Crippen LogP contribution < -0.4 is 10.6 Å². The highest BCUT2D eigenvalue weighted by Crippen LogP contribution is 2.38. The molecular weight excluding hydrogens is 512 g/mol. The van der Waals surface area contributed by atoms with Crippen molar-refractivity contribution < 1.29 is 24.3 Å². The number of carbonyl (C=O) groups is 4. The third kappa shape index (κ3) is 5.78. The summed E-state index contributed by atoms with van der Waals surface area (Å²) in [6, 6.07) is 15.9. The van der Waals surface area contributed by atoms with E-state index in [0.717, 1.165) is 51.5 Å². The van der Waals surface area contributed by atoms with Crippen molar-refractivity contribution in [2.75, 3.05) is 26.2 Å². The molecular formula is C29H30N6O5. The van der Waals surface area contributed by atoms with Crippen molar-refractivity contribution in [1.29, 1.82) is 0 Å². The molecule has 4 aromatic rings. The van der Waals surface area contributed by atoms with Gasteiger partial charge in [0.25, 0.3) is 0 Å². The summed E-state index contributed by atoms with van der Waals surface area (Å²) in [7, 11) is 0. The van der Waals surface area contributed by atoms with E-state index in [4.69, 9.17) is 10.2 Å². The average molecular weight is 543 g/mol. The summed E-state index contributed by atoms with van der Waals surface area (Å²) in [5.41, 5.74) is 4.50. The summed E-state index contributed by atoms with van der Waals surface area (Å²) in [6.45, 7) is 1.90. The van der Waals surface area contributed by atoms with Crippen LogP contribution in [0.2, 0.25) is 0 Å². The van der Waals surface area contributed by atoms with E-state index in [1.54, 1.807) is 17.8 Å². The number of carboxylic acid groups (broad SMARTS) is 1. The third-order valence-electron chi connectivity index (χ3n) is 7.23. The van der Waals surface area contributed by atoms with Gasteiger partial charge in [-0.2, -0.15) is 5.10 Å². The maximum Gasteiger partial charge on any atom is 0.322 e. The Labute approximate surface area is 230 Å². The molecule has 0 bridgehead atoms. The molecule has 3 N–H and O–H groups in total. The van der Waals surface area contributed by atoms with E-state index in [1.165, 1.54) is 0 Å². The van der Waals surface area contributed by atoms with Crippen LogP contribution in [-0.4, -0.2) is 74.6 Å². The van der Waals surface area contributed by atoms with Gasteiger partial charge in [-0.1, -0.05) is 30.3 Å². The van der Waals surface area contributed by atoms with Crippen LogP contribution in [0.3, 0.4) is 0 Å². The highest BCUT2D eigenvalue weighted by atomic mass is 16.4. The number of likely N-dealkylation sites (tertiary alicyclic amines) is 1. The van der Waals surface area contributed by atoms with Crippen LogP contribution >= 0.6 is 0 Å². The predicted molar refractivity (Wildman–Crippen MR) is 148 cm³/mol. The zero-order valence-electron chi connectivity index (χ0n) is 22.1. The van der Waals surface area contributed by atoms with E-state index >= 15 is 0 Å². The van der Waals surface area contributed by atoms with Gasteiger partial charge in [-0.05, 0) is 42.2 Å². The number of nitrogens with zero attached hydrogens (tertiary/aromatic N) is 4. The lowest BCUT2D eigenvalue weighted by Gasteiger charge is -2.30. The Morgan fingerprint density at radius 3 is 2.50 bits per heavy atom. The fourth-order valence-electron chi connectivity index (χ4n) is 5.21. The highest BCUT2D eigenvalue weighted by Gasteiger charge is 2.28. The number of aromatic nitrogens is 3. The Hall–Kier alpha value is -4.80. The molecule has 0 spiro atoms. The molecule has 0 radical (unpaired) electrons. The van der Waals surface area contributed by atoms with Crippen LogP contribution in [0, 0.1) is 0 Å². The SMILES string of the molecule is CC(=O)N1CCC(c2nn(CC(=O)NCC(=O)NCC(=O)O)c3cccc(-c4ccc5cccnc5c4)c23)CC1. The molecule has 0 aliphatic carbocycles. The molecule has 3 heterocycles. The Morgan fingerprint density at radius 1 is 0.975 bits per heavy atom. The average Bonchev–Trinajstić information content (AvgIpc) is 3.33. The minimum atomic E-state index is -1.16. The zero-order chi connectivity index (χ0) is 28.2. The number of hydrogen-bond donors (Lipinski definition) is 3. The fraction of sp³-hybridized carbons (Fsp3) is 0.310. The number of nitrogens with one attached hydrogen (secondary N) is 2. The number of piperidine rings is 1. The Balaban J connectivity index is 1.48. The molecule has 1 fully saturated rings. The topological polar surface area (TPSA) is 147 Å². The minimum absolute atomic E-state index is 0.0576. The Kier molecular flexibility index (Phi) is 7.72. The molecule has 11 nitrogen and oxygen atoms in total. The zero-order valence-corrected chi connectivity index (χ0v) is 22.1. The van der Waals surface area contributed by atoms with Crippen molar-refractivity contribution in [1.82, 2.24) is 30.3 Å². The molecule has 0 saturated carbocycles. The molecule has 3 amide bonds. The van der Waals surface area contributed by atoms with Gasteiger partial charge in [-0.3, -0.25) is 28.8 Å². The summed E-state index contributed by atoms with van der Waals surface area (Å²) < 4.78 is 1.65. The minimum Gasteiger partial charge on any atom is -0.480 e. The van der Waals surface area contributed by atoms with Gasteiger partial charge < -0.3 is 20.6 Å². The molecule has 1 saturated heterocycles. The second kappa shape index (κ2) is 11.5. The summed E-state index contributed by atoms with van der Waals surface area (Å²) in [5.74, 6) is -2.02. The van der Waals surface area contributed by atoms with Gasteiger partial charge in [0.1, 0.15) is 13.1 Å². The summed E-state index contributed by atoms with van der Waals surface area (Å²) in [6.07, 6.45) is 3.28. The lowest BCUT2D eigenvalue weighted by atomic mass is 9.89. The Bertz CT molecular complexity index is 1610. The van der Waals surface area contributed by atoms with Gasteiger partial charge >= 0.3 is 5.97 Å². The second-order valence-corrected chi connectivity index (χ2v) is 9.88. The summed E-state index contributed by atoms with van der Waals surface area (Å²) >= 11 is 0. The van der Waals surface area contributed by atoms with Crippen LogP contribution in [0.1, 0.15) is 31.4 Å². The number of fused-ring (bicyclic) bond motifs is 2. The van der Waals surface area contributed by atoms with Crippen LogP contribution in [0.4, 0.5) is 0 Å². The summed E-state index contributed by atoms with van der Waals surface area (Å²) in [5, 5.41) is 20.4. The van der Waals surface area contributed by atoms with Gasteiger partial charge in [0.2, 0.25) is 17.7 Å². The number of rotatable bonds is 8. The van der Waals surface area contributed by atoms with Crippen molar-refractivity contribution in [3.63, 3.8) is 0 Å². The number of aliphatic carboxylic acids is 1. The van der Waals surface area contributed by atoms with Gasteiger partial charge in [-0.25, -0.2) is 0 Å². The normalized spacial score (nSPS) is 13.9. The fourth-order valence-corrected chi connectivity index (χ4v) is 5.21. The van der Waals surface area contributed by atoms with Crippen molar-refractivity contribution in [3.8, 4) is 11.1 Å². The number of carbonyl (C=O) groups excluding carboxylic acids is 3. The van der Waals surface area contributed by atoms with Crippen LogP contribution in [-0.2, 0) is 25.7 Å². The predicted octanol–water partition coefficient (Wildman–Crippen LogP) is 2.29. The van der Waals surface area contributed by atoms with E-state index in [9.17, 15) is 19.2 Å². The van der Waals surface area contributed by atoms with E-state index in [0.29, 0.717) is 13.1 Å². The van der Waals surface area contributed by atoms with Crippen LogP contribution in [0.15, 0.2) is 54.7 Å². The molecule has 2 aromatic carbocycles. The maximum atomic E-state index is 12.8. The lowest BCUT2D eigenvalue weighted by molar-refractivity contribution is -0.137. The molecule has 40 heavy (non-hydrogen) atoms. The number of hydrogen-bond acceptors (Lipinski definition) is 6. The number of benzene rings is 2. The largest absolute Gasteiger partial charge is 0.480 e. The van der Waals surface area contributed by atoms with Gasteiger partial charge in [0, 0.05) is 42.9 Å². The first-order valence-electron chi connectivity index (χ1n) is 13.2. The standard InChI is InChI=1S/C29H30N6O5/c1-18(36)34-12-9-20(10-13-34)29-28-22(21-8-7-19-4-3-11-30-23(19)14-21)5-2-6-24(28)35(33-29)17-26(38)31-15-25(37)32-16-27(39)40/h2-8,11,14,20H,9-10,12-13,15-17H2,1H3,(H,31,38)(H,32,37)(H,39,40). The lowest BCUT2D eigenvalue weighted by Crippen LogP contribution is -2.40. The molecule has 11 heteroatoms. The van der Waals surface area contributed by atoms with Crippen molar-refractivity contribution in [2.24, 2.45) is 0 Å². The number of amides is 3. The first kappa shape index (κ1) is 26.8. The molecule has 0 unspecified atom stereocenters.